The third-order valence-corrected chi connectivity index (χ3v) is 5.23. The van der Waals surface area contributed by atoms with Crippen molar-refractivity contribution in [2.24, 2.45) is 11.1 Å². The van der Waals surface area contributed by atoms with Crippen molar-refractivity contribution >= 4 is 17.7 Å². The number of hydrogen-bond acceptors (Lipinski definition) is 6. The Morgan fingerprint density at radius 1 is 1.26 bits per heavy atom. The first-order chi connectivity index (χ1) is 12.9. The number of esters is 1. The predicted molar refractivity (Wildman–Crippen MR) is 95.8 cm³/mol. The second-order valence-electron chi connectivity index (χ2n) is 6.60. The van der Waals surface area contributed by atoms with Gasteiger partial charge in [-0.15, -0.1) is 0 Å². The lowest BCUT2D eigenvalue weighted by Crippen LogP contribution is -2.45. The molecule has 0 aromatic heterocycles. The van der Waals surface area contributed by atoms with E-state index in [9.17, 15) is 19.6 Å². The zero-order valence-corrected chi connectivity index (χ0v) is 15.0. The molecule has 7 heteroatoms. The second kappa shape index (κ2) is 6.72. The van der Waals surface area contributed by atoms with Gasteiger partial charge in [0, 0.05) is 17.7 Å². The van der Waals surface area contributed by atoms with Crippen LogP contribution in [0.5, 0.6) is 0 Å². The van der Waals surface area contributed by atoms with Crippen molar-refractivity contribution in [2.45, 2.75) is 24.9 Å². The van der Waals surface area contributed by atoms with Crippen LogP contribution >= 0.6 is 0 Å². The maximum Gasteiger partial charge on any atom is 0.329 e. The number of rotatable bonds is 4. The molecule has 1 aromatic rings. The van der Waals surface area contributed by atoms with Crippen LogP contribution in [-0.4, -0.2) is 41.8 Å². The molecule has 0 bridgehead atoms. The van der Waals surface area contributed by atoms with Crippen LogP contribution in [0.4, 0.5) is 0 Å². The summed E-state index contributed by atoms with van der Waals surface area (Å²) in [5.74, 6) is -2.49. The number of nitriles is 1. The predicted octanol–water partition coefficient (Wildman–Crippen LogP) is 1.03. The maximum atomic E-state index is 12.8. The van der Waals surface area contributed by atoms with Crippen LogP contribution < -0.4 is 5.73 Å². The highest BCUT2D eigenvalue weighted by molar-refractivity contribution is 5.97. The van der Waals surface area contributed by atoms with E-state index in [0.29, 0.717) is 11.1 Å². The van der Waals surface area contributed by atoms with Gasteiger partial charge in [-0.3, -0.25) is 14.4 Å². The molecular weight excluding hydrogens is 346 g/mol. The van der Waals surface area contributed by atoms with Gasteiger partial charge in [0.15, 0.2) is 11.2 Å². The summed E-state index contributed by atoms with van der Waals surface area (Å²) >= 11 is 0. The number of ether oxygens (including phenoxy) is 1. The standard InChI is InChI=1S/C20H19N3O4/c1-12(24)14-8-9-15-20(11-21,19(26)27-2)16(13-6-4-3-5-7-13)17(18(22)25)23(15)10-14/h3-10,15-17H,1-2H3,(H2,22,25)/t15-,16+,17+,20-/m0/s1. The van der Waals surface area contributed by atoms with Gasteiger partial charge >= 0.3 is 5.97 Å². The average Bonchev–Trinajstić information content (AvgIpc) is 2.98. The van der Waals surface area contributed by atoms with Gasteiger partial charge in [0.1, 0.15) is 6.04 Å². The molecule has 0 spiro atoms. The van der Waals surface area contributed by atoms with E-state index in [-0.39, 0.29) is 5.78 Å². The number of methoxy groups -OCH3 is 1. The number of nitrogens with two attached hydrogens (primary N) is 1. The van der Waals surface area contributed by atoms with Gasteiger partial charge in [0.2, 0.25) is 5.91 Å². The third kappa shape index (κ3) is 2.61. The van der Waals surface area contributed by atoms with E-state index < -0.39 is 35.3 Å². The lowest BCUT2D eigenvalue weighted by Gasteiger charge is -2.32. The molecule has 3 rings (SSSR count). The minimum absolute atomic E-state index is 0.197. The Bertz CT molecular complexity index is 900. The Morgan fingerprint density at radius 2 is 1.93 bits per heavy atom. The van der Waals surface area contributed by atoms with Crippen LogP contribution in [0.15, 0.2) is 54.3 Å². The molecule has 4 atom stereocenters. The number of benzene rings is 1. The summed E-state index contributed by atoms with van der Waals surface area (Å²) in [6.45, 7) is 1.40. The highest BCUT2D eigenvalue weighted by Crippen LogP contribution is 2.53. The van der Waals surface area contributed by atoms with Crippen LogP contribution in [0.25, 0.3) is 0 Å². The van der Waals surface area contributed by atoms with E-state index in [1.807, 2.05) is 0 Å². The number of primary amides is 1. The van der Waals surface area contributed by atoms with Gasteiger partial charge in [-0.2, -0.15) is 5.26 Å². The van der Waals surface area contributed by atoms with Gasteiger partial charge in [0.05, 0.1) is 19.2 Å². The fourth-order valence-corrected chi connectivity index (χ4v) is 4.05. The topological polar surface area (TPSA) is 113 Å². The monoisotopic (exact) mass is 365 g/mol. The van der Waals surface area contributed by atoms with E-state index in [1.54, 1.807) is 42.5 Å². The molecule has 2 heterocycles. The minimum Gasteiger partial charge on any atom is -0.468 e. The highest BCUT2D eigenvalue weighted by atomic mass is 16.5. The van der Waals surface area contributed by atoms with Gasteiger partial charge in [-0.25, -0.2) is 0 Å². The van der Waals surface area contributed by atoms with Crippen LogP contribution in [0.1, 0.15) is 18.4 Å². The van der Waals surface area contributed by atoms with Crippen molar-refractivity contribution in [1.82, 2.24) is 4.90 Å². The minimum atomic E-state index is -1.69. The van der Waals surface area contributed by atoms with Crippen molar-refractivity contribution < 1.29 is 19.1 Å². The largest absolute Gasteiger partial charge is 0.468 e. The Labute approximate surface area is 156 Å². The van der Waals surface area contributed by atoms with Gasteiger partial charge in [-0.1, -0.05) is 42.5 Å². The molecule has 27 heavy (non-hydrogen) atoms. The van der Waals surface area contributed by atoms with E-state index in [0.717, 1.165) is 0 Å². The number of carbonyl (C=O) groups excluding carboxylic acids is 3. The second-order valence-corrected chi connectivity index (χ2v) is 6.60. The zero-order chi connectivity index (χ0) is 19.8. The molecule has 1 amide bonds. The molecule has 0 aliphatic carbocycles. The van der Waals surface area contributed by atoms with Crippen LogP contribution in [0.3, 0.4) is 0 Å². The number of fused-ring (bicyclic) bond motifs is 1. The molecule has 0 radical (unpaired) electrons. The average molecular weight is 365 g/mol. The Kier molecular flexibility index (Phi) is 4.58. The summed E-state index contributed by atoms with van der Waals surface area (Å²) in [4.78, 5) is 38.6. The van der Waals surface area contributed by atoms with Crippen LogP contribution in [0, 0.1) is 16.7 Å². The lowest BCUT2D eigenvalue weighted by atomic mass is 9.69. The number of hydrogen-bond donors (Lipinski definition) is 1. The molecule has 1 fully saturated rings. The van der Waals surface area contributed by atoms with Crippen LogP contribution in [0.2, 0.25) is 0 Å². The number of amides is 1. The first-order valence-corrected chi connectivity index (χ1v) is 8.40. The zero-order valence-electron chi connectivity index (χ0n) is 15.0. The smallest absolute Gasteiger partial charge is 0.329 e. The summed E-state index contributed by atoms with van der Waals surface area (Å²) in [5.41, 5.74) is 4.98. The molecule has 2 aliphatic rings. The quantitative estimate of drug-likeness (QED) is 0.798. The molecule has 0 unspecified atom stereocenters. The Balaban J connectivity index is 2.29. The third-order valence-electron chi connectivity index (χ3n) is 5.23. The normalized spacial score (nSPS) is 28.7. The van der Waals surface area contributed by atoms with E-state index in [1.165, 1.54) is 25.1 Å². The van der Waals surface area contributed by atoms with Crippen molar-refractivity contribution in [3.8, 4) is 6.07 Å². The number of carbonyl (C=O) groups is 3. The van der Waals surface area contributed by atoms with Crippen molar-refractivity contribution in [2.75, 3.05) is 7.11 Å². The number of nitrogens with zero attached hydrogens (tertiary/aromatic N) is 2. The molecule has 1 aromatic carbocycles. The summed E-state index contributed by atoms with van der Waals surface area (Å²) in [5, 5.41) is 10.1. The van der Waals surface area contributed by atoms with E-state index >= 15 is 0 Å². The van der Waals surface area contributed by atoms with E-state index in [2.05, 4.69) is 6.07 Å². The summed E-state index contributed by atoms with van der Waals surface area (Å²) < 4.78 is 4.97. The molecule has 138 valence electrons. The first kappa shape index (κ1) is 18.4. The summed E-state index contributed by atoms with van der Waals surface area (Å²) in [6.07, 6.45) is 4.65. The first-order valence-electron chi connectivity index (χ1n) is 8.40. The summed E-state index contributed by atoms with van der Waals surface area (Å²) in [6, 6.07) is 9.14. The molecule has 2 N–H and O–H groups in total. The van der Waals surface area contributed by atoms with Crippen molar-refractivity contribution in [3.63, 3.8) is 0 Å². The van der Waals surface area contributed by atoms with Crippen molar-refractivity contribution in [3.05, 3.63) is 59.8 Å². The van der Waals surface area contributed by atoms with E-state index in [4.69, 9.17) is 10.5 Å². The van der Waals surface area contributed by atoms with Gasteiger partial charge in [-0.05, 0) is 12.5 Å². The fourth-order valence-electron chi connectivity index (χ4n) is 4.05. The SMILES string of the molecule is COC(=O)[C@]1(C#N)[C@H](c2ccccc2)[C@H](C(N)=O)N2C=C(C(C)=O)C=C[C@H]21. The number of Topliss-reactive ketones (excluding diaryl/α,β-unsaturated/α-hetero) is 1. The lowest BCUT2D eigenvalue weighted by molar-refractivity contribution is -0.150. The molecule has 2 aliphatic heterocycles. The highest BCUT2D eigenvalue weighted by Gasteiger charge is 2.66. The Hall–Kier alpha value is -3.40. The number of ketones is 1. The van der Waals surface area contributed by atoms with Gasteiger partial charge < -0.3 is 15.4 Å². The summed E-state index contributed by atoms with van der Waals surface area (Å²) in [7, 11) is 1.20. The van der Waals surface area contributed by atoms with Crippen molar-refractivity contribution in [1.29, 1.82) is 5.26 Å². The molecular formula is C20H19N3O4. The number of allylic oxidation sites excluding steroid dienone is 2. The van der Waals surface area contributed by atoms with Gasteiger partial charge in [0.25, 0.3) is 0 Å². The molecule has 0 saturated carbocycles. The maximum absolute atomic E-state index is 12.8. The Morgan fingerprint density at radius 3 is 2.44 bits per heavy atom. The fraction of sp³-hybridized carbons (Fsp3) is 0.300. The molecule has 7 nitrogen and oxygen atoms in total. The van der Waals surface area contributed by atoms with Crippen LogP contribution in [-0.2, 0) is 19.1 Å². The molecule has 1 saturated heterocycles.